The minimum Gasteiger partial charge on any atom is -0.506 e. The lowest BCUT2D eigenvalue weighted by Crippen LogP contribution is -2.13. The lowest BCUT2D eigenvalue weighted by atomic mass is 10.00. The van der Waals surface area contributed by atoms with E-state index in [2.05, 4.69) is 15.9 Å². The van der Waals surface area contributed by atoms with Crippen molar-refractivity contribution >= 4 is 21.9 Å². The summed E-state index contributed by atoms with van der Waals surface area (Å²) in [7, 11) is 0. The van der Waals surface area contributed by atoms with Crippen LogP contribution < -0.4 is 5.73 Å². The number of carbonyl (C=O) groups is 1. The number of hydrogen-bond donors (Lipinski definition) is 3. The van der Waals surface area contributed by atoms with E-state index in [1.165, 1.54) is 12.1 Å². The molecule has 4 nitrogen and oxygen atoms in total. The van der Waals surface area contributed by atoms with Crippen molar-refractivity contribution in [2.45, 2.75) is 18.9 Å². The Morgan fingerprint density at radius 3 is 2.62 bits per heavy atom. The van der Waals surface area contributed by atoms with E-state index < -0.39 is 5.97 Å². The van der Waals surface area contributed by atoms with Gasteiger partial charge in [0.2, 0.25) is 0 Å². The van der Waals surface area contributed by atoms with Crippen LogP contribution in [-0.4, -0.2) is 16.2 Å². The molecule has 0 aliphatic heterocycles. The maximum atomic E-state index is 10.9. The maximum Gasteiger partial charge on any atom is 0.335 e. The van der Waals surface area contributed by atoms with Crippen LogP contribution in [-0.2, 0) is 0 Å². The fourth-order valence-corrected chi connectivity index (χ4v) is 2.18. The first-order valence-electron chi connectivity index (χ1n) is 5.02. The molecule has 0 saturated heterocycles. The number of carboxylic acids is 1. The first kappa shape index (κ1) is 11.4. The molecule has 0 aromatic heterocycles. The van der Waals surface area contributed by atoms with Crippen LogP contribution >= 0.6 is 15.9 Å². The van der Waals surface area contributed by atoms with E-state index in [9.17, 15) is 9.90 Å². The van der Waals surface area contributed by atoms with E-state index in [-0.39, 0.29) is 17.4 Å². The van der Waals surface area contributed by atoms with E-state index in [0.29, 0.717) is 16.0 Å². The quantitative estimate of drug-likeness (QED) is 0.795. The van der Waals surface area contributed by atoms with Crippen LogP contribution in [0, 0.1) is 5.92 Å². The van der Waals surface area contributed by atoms with E-state index in [1.54, 1.807) is 0 Å². The second-order valence-corrected chi connectivity index (χ2v) is 4.92. The molecule has 1 atom stereocenters. The van der Waals surface area contributed by atoms with E-state index in [4.69, 9.17) is 10.8 Å². The van der Waals surface area contributed by atoms with Gasteiger partial charge in [0.25, 0.3) is 0 Å². The van der Waals surface area contributed by atoms with Crippen LogP contribution in [0.5, 0.6) is 5.75 Å². The molecular weight excluding hydrogens is 274 g/mol. The third kappa shape index (κ3) is 2.05. The summed E-state index contributed by atoms with van der Waals surface area (Å²) < 4.78 is 0.374. The van der Waals surface area contributed by atoms with Crippen LogP contribution in [0.3, 0.4) is 0 Å². The molecule has 1 aromatic carbocycles. The number of phenolic OH excluding ortho intramolecular Hbond substituents is 1. The van der Waals surface area contributed by atoms with Crippen LogP contribution in [0.25, 0.3) is 0 Å². The number of carboxylic acid groups (broad SMARTS) is 1. The van der Waals surface area contributed by atoms with Crippen LogP contribution in [0.1, 0.15) is 34.8 Å². The highest BCUT2D eigenvalue weighted by Gasteiger charge is 2.32. The predicted octanol–water partition coefficient (Wildman–Crippen LogP) is 2.26. The van der Waals surface area contributed by atoms with Gasteiger partial charge in [-0.3, -0.25) is 0 Å². The van der Waals surface area contributed by atoms with Crippen molar-refractivity contribution in [1.82, 2.24) is 0 Å². The predicted molar refractivity (Wildman–Crippen MR) is 62.4 cm³/mol. The SMILES string of the molecule is N[C@@H](c1cc(C(=O)O)cc(Br)c1O)C1CC1. The molecule has 1 aliphatic carbocycles. The normalized spacial score (nSPS) is 17.1. The number of aromatic hydroxyl groups is 1. The summed E-state index contributed by atoms with van der Waals surface area (Å²) in [6.07, 6.45) is 2.07. The smallest absolute Gasteiger partial charge is 0.335 e. The minimum absolute atomic E-state index is 0.0457. The first-order chi connectivity index (χ1) is 7.50. The Hall–Kier alpha value is -1.07. The molecule has 0 spiro atoms. The second kappa shape index (κ2) is 4.07. The van der Waals surface area contributed by atoms with Crippen molar-refractivity contribution in [3.63, 3.8) is 0 Å². The van der Waals surface area contributed by atoms with Gasteiger partial charge in [-0.05, 0) is 46.8 Å². The highest BCUT2D eigenvalue weighted by molar-refractivity contribution is 9.10. The zero-order valence-electron chi connectivity index (χ0n) is 8.48. The summed E-state index contributed by atoms with van der Waals surface area (Å²) in [5.74, 6) is -0.615. The largest absolute Gasteiger partial charge is 0.506 e. The highest BCUT2D eigenvalue weighted by atomic mass is 79.9. The van der Waals surface area contributed by atoms with E-state index in [1.807, 2.05) is 0 Å². The molecular formula is C11H12BrNO3. The summed E-state index contributed by atoms with van der Waals surface area (Å²) in [6.45, 7) is 0. The topological polar surface area (TPSA) is 83.6 Å². The number of aromatic carboxylic acids is 1. The molecule has 0 bridgehead atoms. The fourth-order valence-electron chi connectivity index (χ4n) is 1.71. The number of nitrogens with two attached hydrogens (primary N) is 1. The van der Waals surface area contributed by atoms with Crippen molar-refractivity contribution < 1.29 is 15.0 Å². The summed E-state index contributed by atoms with van der Waals surface area (Å²) in [5.41, 5.74) is 6.61. The van der Waals surface area contributed by atoms with Crippen molar-refractivity contribution in [2.24, 2.45) is 11.7 Å². The van der Waals surface area contributed by atoms with Gasteiger partial charge in [-0.25, -0.2) is 4.79 Å². The lowest BCUT2D eigenvalue weighted by Gasteiger charge is -2.14. The van der Waals surface area contributed by atoms with Crippen LogP contribution in [0.4, 0.5) is 0 Å². The van der Waals surface area contributed by atoms with E-state index in [0.717, 1.165) is 12.8 Å². The van der Waals surface area contributed by atoms with Gasteiger partial charge in [0.1, 0.15) is 5.75 Å². The van der Waals surface area contributed by atoms with Crippen molar-refractivity contribution in [3.05, 3.63) is 27.7 Å². The molecule has 1 fully saturated rings. The average molecular weight is 286 g/mol. The molecule has 0 radical (unpaired) electrons. The Labute approximate surface area is 101 Å². The Morgan fingerprint density at radius 2 is 2.12 bits per heavy atom. The number of halogens is 1. The number of phenols is 1. The zero-order valence-corrected chi connectivity index (χ0v) is 10.1. The summed E-state index contributed by atoms with van der Waals surface area (Å²) in [5, 5.41) is 18.7. The maximum absolute atomic E-state index is 10.9. The Balaban J connectivity index is 2.45. The van der Waals surface area contributed by atoms with Crippen molar-refractivity contribution in [3.8, 4) is 5.75 Å². The number of benzene rings is 1. The van der Waals surface area contributed by atoms with E-state index >= 15 is 0 Å². The van der Waals surface area contributed by atoms with Gasteiger partial charge >= 0.3 is 5.97 Å². The Bertz CT molecular complexity index is 443. The molecule has 86 valence electrons. The van der Waals surface area contributed by atoms with Gasteiger partial charge in [0, 0.05) is 11.6 Å². The molecule has 2 rings (SSSR count). The standard InChI is InChI=1S/C11H12BrNO3/c12-8-4-6(11(15)16)3-7(10(8)14)9(13)5-1-2-5/h3-5,9,14H,1-2,13H2,(H,15,16)/t9-/m1/s1. The third-order valence-electron chi connectivity index (χ3n) is 2.83. The van der Waals surface area contributed by atoms with Gasteiger partial charge in [0.15, 0.2) is 0 Å². The average Bonchev–Trinajstić information content (AvgIpc) is 3.04. The molecule has 0 heterocycles. The Morgan fingerprint density at radius 1 is 1.50 bits per heavy atom. The zero-order chi connectivity index (χ0) is 11.9. The van der Waals surface area contributed by atoms with Gasteiger partial charge in [0.05, 0.1) is 10.0 Å². The second-order valence-electron chi connectivity index (χ2n) is 4.06. The highest BCUT2D eigenvalue weighted by Crippen LogP contribution is 2.43. The Kier molecular flexibility index (Phi) is 2.90. The molecule has 4 N–H and O–H groups in total. The van der Waals surface area contributed by atoms with Gasteiger partial charge < -0.3 is 15.9 Å². The van der Waals surface area contributed by atoms with Gasteiger partial charge in [-0.15, -0.1) is 0 Å². The van der Waals surface area contributed by atoms with Crippen molar-refractivity contribution in [2.75, 3.05) is 0 Å². The molecule has 1 aliphatic rings. The van der Waals surface area contributed by atoms with Crippen molar-refractivity contribution in [1.29, 1.82) is 0 Å². The summed E-state index contributed by atoms with van der Waals surface area (Å²) in [4.78, 5) is 10.9. The number of rotatable bonds is 3. The summed E-state index contributed by atoms with van der Waals surface area (Å²) in [6, 6.07) is 2.54. The third-order valence-corrected chi connectivity index (χ3v) is 3.43. The van der Waals surface area contributed by atoms with Gasteiger partial charge in [-0.2, -0.15) is 0 Å². The molecule has 1 aromatic rings. The molecule has 0 unspecified atom stereocenters. The summed E-state index contributed by atoms with van der Waals surface area (Å²) >= 11 is 3.13. The first-order valence-corrected chi connectivity index (χ1v) is 5.81. The molecule has 5 heteroatoms. The monoisotopic (exact) mass is 285 g/mol. The molecule has 1 saturated carbocycles. The van der Waals surface area contributed by atoms with Gasteiger partial charge in [-0.1, -0.05) is 0 Å². The fraction of sp³-hybridized carbons (Fsp3) is 0.364. The molecule has 0 amide bonds. The number of hydrogen-bond acceptors (Lipinski definition) is 3. The lowest BCUT2D eigenvalue weighted by molar-refractivity contribution is 0.0696. The minimum atomic E-state index is -1.02. The van der Waals surface area contributed by atoms with Crippen LogP contribution in [0.2, 0.25) is 0 Å². The molecule has 16 heavy (non-hydrogen) atoms. The van der Waals surface area contributed by atoms with Crippen LogP contribution in [0.15, 0.2) is 16.6 Å².